The summed E-state index contributed by atoms with van der Waals surface area (Å²) in [5.74, 6) is 11.8. The Bertz CT molecular complexity index is 1130. The first-order valence-corrected chi connectivity index (χ1v) is 14.9. The van der Waals surface area contributed by atoms with Gasteiger partial charge in [0.25, 0.3) is 0 Å². The number of fused-ring (bicyclic) bond motifs is 2. The van der Waals surface area contributed by atoms with Gasteiger partial charge in [-0.15, -0.1) is 12.3 Å². The number of unbranched alkanes of at least 4 members (excludes halogenated alkanes) is 6. The van der Waals surface area contributed by atoms with Crippen LogP contribution >= 0.6 is 0 Å². The van der Waals surface area contributed by atoms with Gasteiger partial charge in [0.2, 0.25) is 0 Å². The van der Waals surface area contributed by atoms with Crippen molar-refractivity contribution >= 4 is 0 Å². The molecule has 0 aromatic heterocycles. The zero-order valence-electron chi connectivity index (χ0n) is 24.3. The maximum absolute atomic E-state index is 5.76. The highest BCUT2D eigenvalue weighted by Gasteiger charge is 2.20. The minimum absolute atomic E-state index is 0.301. The van der Waals surface area contributed by atoms with Gasteiger partial charge in [-0.2, -0.15) is 0 Å². The lowest BCUT2D eigenvalue weighted by Crippen LogP contribution is -1.98. The van der Waals surface area contributed by atoms with Crippen LogP contribution in [0, 0.1) is 24.2 Å². The molecule has 0 bridgehead atoms. The molecule has 4 heteroatoms. The third-order valence-corrected chi connectivity index (χ3v) is 7.04. The monoisotopic (exact) mass is 530 g/mol. The Morgan fingerprint density at radius 2 is 1.23 bits per heavy atom. The summed E-state index contributed by atoms with van der Waals surface area (Å²) in [4.78, 5) is 0. The molecule has 0 saturated heterocycles. The van der Waals surface area contributed by atoms with Gasteiger partial charge in [0.1, 0.15) is 13.2 Å². The van der Waals surface area contributed by atoms with Crippen LogP contribution in [-0.4, -0.2) is 26.4 Å². The van der Waals surface area contributed by atoms with Gasteiger partial charge in [-0.3, -0.25) is 0 Å². The molecule has 0 aliphatic carbocycles. The molecule has 0 atom stereocenters. The van der Waals surface area contributed by atoms with E-state index in [0.717, 1.165) is 61.9 Å². The summed E-state index contributed by atoms with van der Waals surface area (Å²) >= 11 is 0. The number of terminal acetylenes is 1. The Balaban J connectivity index is 0.000000216. The van der Waals surface area contributed by atoms with Gasteiger partial charge in [-0.25, -0.2) is 0 Å². The van der Waals surface area contributed by atoms with Gasteiger partial charge in [0.15, 0.2) is 23.0 Å². The van der Waals surface area contributed by atoms with Crippen molar-refractivity contribution < 1.29 is 18.9 Å². The quantitative estimate of drug-likeness (QED) is 0.184. The van der Waals surface area contributed by atoms with E-state index in [1.54, 1.807) is 0 Å². The van der Waals surface area contributed by atoms with Crippen molar-refractivity contribution in [2.45, 2.75) is 97.8 Å². The van der Waals surface area contributed by atoms with Gasteiger partial charge < -0.3 is 18.9 Å². The van der Waals surface area contributed by atoms with E-state index in [2.05, 4.69) is 55.9 Å². The van der Waals surface area contributed by atoms with Crippen molar-refractivity contribution in [1.29, 1.82) is 0 Å². The molecule has 2 aromatic carbocycles. The summed E-state index contributed by atoms with van der Waals surface area (Å²) in [6.07, 6.45) is 19.7. The highest BCUT2D eigenvalue weighted by Crippen LogP contribution is 2.38. The van der Waals surface area contributed by atoms with Crippen molar-refractivity contribution in [2.24, 2.45) is 0 Å². The van der Waals surface area contributed by atoms with Crippen molar-refractivity contribution in [3.05, 3.63) is 46.5 Å². The number of aryl methyl sites for hydroxylation is 2. The van der Waals surface area contributed by atoms with Crippen molar-refractivity contribution in [2.75, 3.05) is 26.4 Å². The standard InChI is InChI=1S/C18H24O2.C17H22O2/c1-3-5-7-8-9-15-13-16-10-12-20-18(16)17(14-15)19-11-6-4-2;1-3-5-6-7-8-14-12-15-9-11-19-17(15)16(13-14)18-10-4-2/h13-14H,3,5,7-12H2,1-2H3;2,12-13H,3,5-11H2,1H3. The molecule has 2 aliphatic rings. The van der Waals surface area contributed by atoms with Crippen molar-refractivity contribution in [3.8, 4) is 47.2 Å². The average molecular weight is 531 g/mol. The van der Waals surface area contributed by atoms with Gasteiger partial charge >= 0.3 is 0 Å². The Morgan fingerprint density at radius 1 is 0.718 bits per heavy atom. The Hall–Kier alpha value is -3.24. The molecule has 210 valence electrons. The Morgan fingerprint density at radius 3 is 1.69 bits per heavy atom. The van der Waals surface area contributed by atoms with E-state index in [1.165, 1.54) is 73.6 Å². The zero-order valence-corrected chi connectivity index (χ0v) is 24.3. The molecule has 0 unspecified atom stereocenters. The highest BCUT2D eigenvalue weighted by molar-refractivity contribution is 5.52. The van der Waals surface area contributed by atoms with Gasteiger partial charge in [-0.05, 0) is 55.9 Å². The molecule has 2 aromatic rings. The lowest BCUT2D eigenvalue weighted by molar-refractivity contribution is 0.312. The molecule has 39 heavy (non-hydrogen) atoms. The van der Waals surface area contributed by atoms with Crippen molar-refractivity contribution in [3.63, 3.8) is 0 Å². The van der Waals surface area contributed by atoms with E-state index in [-0.39, 0.29) is 0 Å². The summed E-state index contributed by atoms with van der Waals surface area (Å²) in [7, 11) is 0. The number of hydrogen-bond donors (Lipinski definition) is 0. The largest absolute Gasteiger partial charge is 0.489 e. The predicted octanol–water partition coefficient (Wildman–Crippen LogP) is 7.90. The summed E-state index contributed by atoms with van der Waals surface area (Å²) in [6.45, 7) is 8.56. The minimum atomic E-state index is 0.301. The summed E-state index contributed by atoms with van der Waals surface area (Å²) < 4.78 is 22.7. The van der Waals surface area contributed by atoms with Gasteiger partial charge in [0, 0.05) is 24.0 Å². The van der Waals surface area contributed by atoms with E-state index < -0.39 is 0 Å². The Kier molecular flexibility index (Phi) is 13.5. The molecule has 0 radical (unpaired) electrons. The molecule has 0 saturated carbocycles. The van der Waals surface area contributed by atoms with E-state index in [9.17, 15) is 0 Å². The zero-order chi connectivity index (χ0) is 27.7. The molecule has 0 fully saturated rings. The first-order chi connectivity index (χ1) is 19.2. The topological polar surface area (TPSA) is 36.9 Å². The van der Waals surface area contributed by atoms with Crippen LogP contribution in [0.25, 0.3) is 0 Å². The molecular weight excluding hydrogens is 484 g/mol. The van der Waals surface area contributed by atoms with Gasteiger partial charge in [-0.1, -0.05) is 76.3 Å². The summed E-state index contributed by atoms with van der Waals surface area (Å²) in [5, 5.41) is 0. The fourth-order valence-electron chi connectivity index (χ4n) is 4.99. The third kappa shape index (κ3) is 9.78. The number of rotatable bonds is 14. The maximum Gasteiger partial charge on any atom is 0.164 e. The van der Waals surface area contributed by atoms with Crippen LogP contribution in [0.15, 0.2) is 24.3 Å². The molecule has 0 amide bonds. The molecule has 4 nitrogen and oxygen atoms in total. The normalized spacial score (nSPS) is 12.5. The number of ether oxygens (including phenoxy) is 4. The molecule has 4 rings (SSSR count). The van der Waals surface area contributed by atoms with Crippen LogP contribution in [-0.2, 0) is 25.7 Å². The second kappa shape index (κ2) is 17.4. The smallest absolute Gasteiger partial charge is 0.164 e. The minimum Gasteiger partial charge on any atom is -0.489 e. The lowest BCUT2D eigenvalue weighted by Gasteiger charge is -2.11. The van der Waals surface area contributed by atoms with Crippen LogP contribution < -0.4 is 18.9 Å². The van der Waals surface area contributed by atoms with Crippen LogP contribution in [0.5, 0.6) is 23.0 Å². The van der Waals surface area contributed by atoms with Crippen LogP contribution in [0.2, 0.25) is 0 Å². The second-order valence-electron chi connectivity index (χ2n) is 10.2. The SMILES string of the molecule is C#CCOc1cc(CCCCCC)cc2c1OCC2.CC#CCOc1cc(CCCCCC)cc2c1OCC2. The first kappa shape index (κ1) is 30.3. The number of benzene rings is 2. The fourth-order valence-corrected chi connectivity index (χ4v) is 4.99. The summed E-state index contributed by atoms with van der Waals surface area (Å²) in [6, 6.07) is 8.77. The average Bonchev–Trinajstić information content (AvgIpc) is 3.63. The summed E-state index contributed by atoms with van der Waals surface area (Å²) in [5.41, 5.74) is 5.26. The maximum atomic E-state index is 5.76. The van der Waals surface area contributed by atoms with Crippen LogP contribution in [0.4, 0.5) is 0 Å². The Labute approximate surface area is 236 Å². The predicted molar refractivity (Wildman–Crippen MR) is 160 cm³/mol. The molecule has 2 heterocycles. The molecule has 2 aliphatic heterocycles. The molecular formula is C35H46O4. The molecule has 0 N–H and O–H groups in total. The van der Waals surface area contributed by atoms with Gasteiger partial charge in [0.05, 0.1) is 13.2 Å². The fraction of sp³-hybridized carbons (Fsp3) is 0.543. The second-order valence-corrected chi connectivity index (χ2v) is 10.2. The lowest BCUT2D eigenvalue weighted by atomic mass is 10.0. The van der Waals surface area contributed by atoms with E-state index in [0.29, 0.717) is 13.2 Å². The van der Waals surface area contributed by atoms with E-state index in [1.807, 2.05) is 6.92 Å². The third-order valence-electron chi connectivity index (χ3n) is 7.04. The van der Waals surface area contributed by atoms with Crippen molar-refractivity contribution in [1.82, 2.24) is 0 Å². The number of hydrogen-bond acceptors (Lipinski definition) is 4. The highest BCUT2D eigenvalue weighted by atomic mass is 16.5. The first-order valence-electron chi connectivity index (χ1n) is 14.9. The molecule has 0 spiro atoms. The van der Waals surface area contributed by atoms with E-state index in [4.69, 9.17) is 25.4 Å². The van der Waals surface area contributed by atoms with E-state index >= 15 is 0 Å². The van der Waals surface area contributed by atoms with Crippen LogP contribution in [0.3, 0.4) is 0 Å². The van der Waals surface area contributed by atoms with Crippen LogP contribution in [0.1, 0.15) is 94.4 Å².